The van der Waals surface area contributed by atoms with E-state index in [-0.39, 0.29) is 0 Å². The Kier molecular flexibility index (Phi) is 6.39. The van der Waals surface area contributed by atoms with Crippen molar-refractivity contribution in [2.75, 3.05) is 4.90 Å². The Morgan fingerprint density at radius 1 is 0.408 bits per heavy atom. The highest BCUT2D eigenvalue weighted by molar-refractivity contribution is 7.26. The molecular weight excluding hydrogens is 615 g/mol. The molecule has 10 rings (SSSR count). The third kappa shape index (κ3) is 4.62. The molecule has 2 aromatic heterocycles. The van der Waals surface area contributed by atoms with Gasteiger partial charge in [0.2, 0.25) is 0 Å². The Balaban J connectivity index is 1.12. The molecule has 0 atom stereocenters. The summed E-state index contributed by atoms with van der Waals surface area (Å²) in [5, 5.41) is 7.27. The van der Waals surface area contributed by atoms with Crippen LogP contribution >= 0.6 is 11.3 Å². The van der Waals surface area contributed by atoms with Crippen LogP contribution in [0.2, 0.25) is 0 Å². The van der Waals surface area contributed by atoms with Crippen LogP contribution < -0.4 is 4.90 Å². The van der Waals surface area contributed by atoms with Crippen LogP contribution in [0.3, 0.4) is 0 Å². The largest absolute Gasteiger partial charge is 0.454 e. The van der Waals surface area contributed by atoms with E-state index < -0.39 is 0 Å². The zero-order valence-corrected chi connectivity index (χ0v) is 27.3. The van der Waals surface area contributed by atoms with E-state index in [1.54, 1.807) is 0 Å². The normalized spacial score (nSPS) is 11.7. The summed E-state index contributed by atoms with van der Waals surface area (Å²) in [5.41, 5.74) is 9.86. The molecule has 230 valence electrons. The molecular formula is C46H29NOS. The number of hydrogen-bond donors (Lipinski definition) is 0. The van der Waals surface area contributed by atoms with Crippen LogP contribution in [-0.4, -0.2) is 0 Å². The molecule has 0 amide bonds. The number of nitrogens with zero attached hydrogens (tertiary/aromatic N) is 1. The Hall–Kier alpha value is -6.16. The fraction of sp³-hybridized carbons (Fsp3) is 0. The smallest absolute Gasteiger partial charge is 0.159 e. The summed E-state index contributed by atoms with van der Waals surface area (Å²) in [5.74, 6) is 0. The molecule has 0 spiro atoms. The van der Waals surface area contributed by atoms with Gasteiger partial charge in [-0.15, -0.1) is 11.3 Å². The van der Waals surface area contributed by atoms with E-state index >= 15 is 0 Å². The Labute approximate surface area is 287 Å². The Morgan fingerprint density at radius 3 is 1.78 bits per heavy atom. The summed E-state index contributed by atoms with van der Waals surface area (Å²) < 4.78 is 9.15. The van der Waals surface area contributed by atoms with Gasteiger partial charge < -0.3 is 9.32 Å². The molecule has 0 radical (unpaired) electrons. The monoisotopic (exact) mass is 643 g/mol. The van der Waals surface area contributed by atoms with Crippen LogP contribution in [0.25, 0.3) is 75.1 Å². The van der Waals surface area contributed by atoms with Crippen LogP contribution in [0.4, 0.5) is 17.1 Å². The lowest BCUT2D eigenvalue weighted by molar-refractivity contribution is 0.669. The average molecular weight is 644 g/mol. The van der Waals surface area contributed by atoms with Gasteiger partial charge in [0, 0.05) is 31.9 Å². The molecule has 0 aliphatic rings. The van der Waals surface area contributed by atoms with Gasteiger partial charge in [-0.1, -0.05) is 127 Å². The fourth-order valence-corrected chi connectivity index (χ4v) is 8.47. The lowest BCUT2D eigenvalue weighted by Gasteiger charge is -2.26. The van der Waals surface area contributed by atoms with Gasteiger partial charge in [-0.2, -0.15) is 0 Å². The molecule has 3 heteroatoms. The van der Waals surface area contributed by atoms with E-state index in [0.29, 0.717) is 0 Å². The van der Waals surface area contributed by atoms with E-state index in [0.717, 1.165) is 39.0 Å². The summed E-state index contributed by atoms with van der Waals surface area (Å²) in [7, 11) is 0. The SMILES string of the molecule is c1ccc(-c2ccc3cc(-c4ccc(N(c5cccc6c5oc5ccccc56)c5cccc6c5sc5ccccc56)cc4)ccc3c2)cc1. The van der Waals surface area contributed by atoms with Crippen molar-refractivity contribution in [1.82, 2.24) is 0 Å². The fourth-order valence-electron chi connectivity index (χ4n) is 7.26. The van der Waals surface area contributed by atoms with Crippen LogP contribution in [0.15, 0.2) is 180 Å². The zero-order valence-electron chi connectivity index (χ0n) is 26.5. The number of rotatable bonds is 5. The number of para-hydroxylation sites is 2. The minimum atomic E-state index is 0.885. The summed E-state index contributed by atoms with van der Waals surface area (Å²) >= 11 is 1.84. The van der Waals surface area contributed by atoms with E-state index in [1.165, 1.54) is 53.2 Å². The minimum Gasteiger partial charge on any atom is -0.454 e. The van der Waals surface area contributed by atoms with Gasteiger partial charge in [-0.3, -0.25) is 0 Å². The second-order valence-electron chi connectivity index (χ2n) is 12.5. The van der Waals surface area contributed by atoms with Crippen LogP contribution in [-0.2, 0) is 0 Å². The predicted molar refractivity (Wildman–Crippen MR) is 210 cm³/mol. The number of furan rings is 1. The van der Waals surface area contributed by atoms with Gasteiger partial charge in [0.25, 0.3) is 0 Å². The Morgan fingerprint density at radius 2 is 1.00 bits per heavy atom. The van der Waals surface area contributed by atoms with Crippen molar-refractivity contribution < 1.29 is 4.42 Å². The average Bonchev–Trinajstić information content (AvgIpc) is 3.75. The lowest BCUT2D eigenvalue weighted by Crippen LogP contribution is -2.10. The minimum absolute atomic E-state index is 0.885. The van der Waals surface area contributed by atoms with Crippen molar-refractivity contribution in [3.63, 3.8) is 0 Å². The third-order valence-corrected chi connectivity index (χ3v) is 10.9. The maximum Gasteiger partial charge on any atom is 0.159 e. The molecule has 2 nitrogen and oxygen atoms in total. The summed E-state index contributed by atoms with van der Waals surface area (Å²) in [6.07, 6.45) is 0. The first-order valence-electron chi connectivity index (χ1n) is 16.6. The lowest BCUT2D eigenvalue weighted by atomic mass is 9.97. The van der Waals surface area contributed by atoms with Gasteiger partial charge >= 0.3 is 0 Å². The van der Waals surface area contributed by atoms with Crippen LogP contribution in [0, 0.1) is 0 Å². The molecule has 0 N–H and O–H groups in total. The second kappa shape index (κ2) is 11.2. The maximum atomic E-state index is 6.61. The number of thiophene rings is 1. The molecule has 0 aliphatic carbocycles. The first-order chi connectivity index (χ1) is 24.3. The molecule has 0 bridgehead atoms. The van der Waals surface area contributed by atoms with E-state index in [9.17, 15) is 0 Å². The van der Waals surface area contributed by atoms with Crippen molar-refractivity contribution in [1.29, 1.82) is 0 Å². The van der Waals surface area contributed by atoms with Crippen molar-refractivity contribution in [3.8, 4) is 22.3 Å². The summed E-state index contributed by atoms with van der Waals surface area (Å²) in [6, 6.07) is 63.2. The maximum absolute atomic E-state index is 6.61. The van der Waals surface area contributed by atoms with Crippen LogP contribution in [0.5, 0.6) is 0 Å². The molecule has 0 fully saturated rings. The van der Waals surface area contributed by atoms with Crippen molar-refractivity contribution >= 4 is 81.3 Å². The van der Waals surface area contributed by atoms with Gasteiger partial charge in [-0.25, -0.2) is 0 Å². The first kappa shape index (κ1) is 27.9. The highest BCUT2D eigenvalue weighted by Gasteiger charge is 2.22. The van der Waals surface area contributed by atoms with Crippen LogP contribution in [0.1, 0.15) is 0 Å². The molecule has 0 saturated carbocycles. The topological polar surface area (TPSA) is 16.4 Å². The quantitative estimate of drug-likeness (QED) is 0.186. The molecule has 0 unspecified atom stereocenters. The molecule has 10 aromatic rings. The second-order valence-corrected chi connectivity index (χ2v) is 13.6. The van der Waals surface area contributed by atoms with Crippen molar-refractivity contribution in [2.24, 2.45) is 0 Å². The number of hydrogen-bond acceptors (Lipinski definition) is 3. The van der Waals surface area contributed by atoms with Crippen molar-refractivity contribution in [2.45, 2.75) is 0 Å². The number of fused-ring (bicyclic) bond motifs is 7. The number of benzene rings is 8. The number of anilines is 3. The van der Waals surface area contributed by atoms with Crippen molar-refractivity contribution in [3.05, 3.63) is 176 Å². The molecule has 8 aromatic carbocycles. The van der Waals surface area contributed by atoms with E-state index in [2.05, 4.69) is 175 Å². The van der Waals surface area contributed by atoms with Gasteiger partial charge in [0.05, 0.1) is 16.1 Å². The van der Waals surface area contributed by atoms with E-state index in [1.807, 2.05) is 17.4 Å². The molecule has 0 saturated heterocycles. The molecule has 0 aliphatic heterocycles. The predicted octanol–water partition coefficient (Wildman–Crippen LogP) is 13.9. The molecule has 2 heterocycles. The first-order valence-corrected chi connectivity index (χ1v) is 17.4. The zero-order chi connectivity index (χ0) is 32.3. The van der Waals surface area contributed by atoms with Gasteiger partial charge in [0.1, 0.15) is 5.58 Å². The Bertz CT molecular complexity index is 2710. The van der Waals surface area contributed by atoms with Gasteiger partial charge in [-0.05, 0) is 81.6 Å². The van der Waals surface area contributed by atoms with Gasteiger partial charge in [0.15, 0.2) is 5.58 Å². The third-order valence-electron chi connectivity index (χ3n) is 9.66. The standard InChI is InChI=1S/C46H29NOS/c1-2-10-30(11-3-1)32-20-22-35-29-33(21-23-34(35)28-32)31-24-26-36(27-25-31)47(41-16-8-14-39-37-12-4-6-18-43(37)48-45(39)41)42-17-9-15-40-38-13-5-7-19-44(38)49-46(40)42/h1-29H. The highest BCUT2D eigenvalue weighted by Crippen LogP contribution is 2.47. The van der Waals surface area contributed by atoms with E-state index in [4.69, 9.17) is 4.42 Å². The summed E-state index contributed by atoms with van der Waals surface area (Å²) in [4.78, 5) is 2.37. The summed E-state index contributed by atoms with van der Waals surface area (Å²) in [6.45, 7) is 0. The molecule has 49 heavy (non-hydrogen) atoms. The highest BCUT2D eigenvalue weighted by atomic mass is 32.1.